The van der Waals surface area contributed by atoms with Crippen LogP contribution in [0.5, 0.6) is 0 Å². The van der Waals surface area contributed by atoms with Crippen LogP contribution in [0.25, 0.3) is 0 Å². The molecular weight excluding hydrogens is 226 g/mol. The molecule has 1 aliphatic rings. The predicted octanol–water partition coefficient (Wildman–Crippen LogP) is 2.52. The number of piperidine rings is 1. The smallest absolute Gasteiger partial charge is 0.160 e. The molecule has 0 radical (unpaired) electrons. The maximum Gasteiger partial charge on any atom is 0.160 e. The Hall–Kier alpha value is -0.900. The molecule has 1 atom stereocenters. The summed E-state index contributed by atoms with van der Waals surface area (Å²) in [5.41, 5.74) is 1.38. The molecule has 0 spiro atoms. The second kappa shape index (κ2) is 6.88. The van der Waals surface area contributed by atoms with E-state index in [0.29, 0.717) is 5.92 Å². The average molecular weight is 249 g/mol. The Morgan fingerprint density at radius 1 is 1.22 bits per heavy atom. The van der Waals surface area contributed by atoms with Crippen LogP contribution >= 0.6 is 0 Å². The number of hydrogen-bond acceptors (Lipinski definition) is 3. The Labute approximate surface area is 110 Å². The van der Waals surface area contributed by atoms with Crippen molar-refractivity contribution in [2.45, 2.75) is 25.7 Å². The Morgan fingerprint density at radius 2 is 1.94 bits per heavy atom. The van der Waals surface area contributed by atoms with Gasteiger partial charge in [-0.05, 0) is 24.9 Å². The molecule has 1 aromatic rings. The zero-order valence-electron chi connectivity index (χ0n) is 11.3. The number of hydrogen-bond donors (Lipinski definition) is 0. The highest BCUT2D eigenvalue weighted by atomic mass is 16.7. The van der Waals surface area contributed by atoms with Crippen LogP contribution in [-0.2, 0) is 16.0 Å². The van der Waals surface area contributed by atoms with E-state index in [1.807, 2.05) is 0 Å². The highest BCUT2D eigenvalue weighted by Crippen LogP contribution is 2.23. The van der Waals surface area contributed by atoms with E-state index in [4.69, 9.17) is 9.47 Å². The molecule has 1 saturated heterocycles. The molecule has 1 aromatic carbocycles. The molecule has 0 aliphatic carbocycles. The molecule has 1 fully saturated rings. The Morgan fingerprint density at radius 3 is 2.61 bits per heavy atom. The highest BCUT2D eigenvalue weighted by molar-refractivity contribution is 5.14. The van der Waals surface area contributed by atoms with Gasteiger partial charge in [-0.15, -0.1) is 0 Å². The lowest BCUT2D eigenvalue weighted by Crippen LogP contribution is -2.41. The summed E-state index contributed by atoms with van der Waals surface area (Å²) in [5, 5.41) is 0. The molecule has 1 heterocycles. The molecule has 100 valence electrons. The SMILES string of the molecule is COC(OC)C1CCCN(Cc2ccccc2)C1. The van der Waals surface area contributed by atoms with Crippen LogP contribution in [0.3, 0.4) is 0 Å². The van der Waals surface area contributed by atoms with Gasteiger partial charge < -0.3 is 9.47 Å². The number of ether oxygens (including phenoxy) is 2. The van der Waals surface area contributed by atoms with Crippen molar-refractivity contribution >= 4 is 0 Å². The fourth-order valence-corrected chi connectivity index (χ4v) is 2.78. The number of nitrogens with zero attached hydrogens (tertiary/aromatic N) is 1. The second-order valence-electron chi connectivity index (χ2n) is 4.96. The van der Waals surface area contributed by atoms with Gasteiger partial charge in [0.25, 0.3) is 0 Å². The molecule has 0 amide bonds. The van der Waals surface area contributed by atoms with Crippen molar-refractivity contribution in [2.24, 2.45) is 5.92 Å². The molecule has 1 unspecified atom stereocenters. The molecule has 18 heavy (non-hydrogen) atoms. The molecule has 0 bridgehead atoms. The van der Waals surface area contributed by atoms with E-state index < -0.39 is 0 Å². The lowest BCUT2D eigenvalue weighted by molar-refractivity contribution is -0.149. The van der Waals surface area contributed by atoms with E-state index in [1.54, 1.807) is 14.2 Å². The quantitative estimate of drug-likeness (QED) is 0.748. The van der Waals surface area contributed by atoms with Crippen LogP contribution < -0.4 is 0 Å². The van der Waals surface area contributed by atoms with Crippen molar-refractivity contribution in [3.8, 4) is 0 Å². The van der Waals surface area contributed by atoms with Crippen LogP contribution in [0.15, 0.2) is 30.3 Å². The van der Waals surface area contributed by atoms with E-state index in [-0.39, 0.29) is 6.29 Å². The second-order valence-corrected chi connectivity index (χ2v) is 4.96. The lowest BCUT2D eigenvalue weighted by Gasteiger charge is -2.35. The average Bonchev–Trinajstić information content (AvgIpc) is 2.42. The summed E-state index contributed by atoms with van der Waals surface area (Å²) in [6, 6.07) is 10.6. The van der Waals surface area contributed by atoms with Gasteiger partial charge in [0, 0.05) is 33.2 Å². The normalized spacial score (nSPS) is 21.4. The van der Waals surface area contributed by atoms with Crippen LogP contribution in [0.1, 0.15) is 18.4 Å². The zero-order valence-corrected chi connectivity index (χ0v) is 11.3. The van der Waals surface area contributed by atoms with Gasteiger partial charge in [-0.1, -0.05) is 30.3 Å². The highest BCUT2D eigenvalue weighted by Gasteiger charge is 2.27. The Bertz CT molecular complexity index is 338. The Balaban J connectivity index is 1.90. The van der Waals surface area contributed by atoms with E-state index in [0.717, 1.165) is 13.1 Å². The minimum absolute atomic E-state index is 0.0661. The number of rotatable bonds is 5. The Kier molecular flexibility index (Phi) is 5.17. The summed E-state index contributed by atoms with van der Waals surface area (Å²) >= 11 is 0. The van der Waals surface area contributed by atoms with Gasteiger partial charge in [-0.3, -0.25) is 4.90 Å². The maximum absolute atomic E-state index is 5.39. The van der Waals surface area contributed by atoms with Crippen molar-refractivity contribution in [3.63, 3.8) is 0 Å². The lowest BCUT2D eigenvalue weighted by atomic mass is 9.97. The van der Waals surface area contributed by atoms with Crippen molar-refractivity contribution in [2.75, 3.05) is 27.3 Å². The molecular formula is C15H23NO2. The molecule has 2 rings (SSSR count). The summed E-state index contributed by atoms with van der Waals surface area (Å²) in [4.78, 5) is 2.49. The van der Waals surface area contributed by atoms with E-state index in [2.05, 4.69) is 35.2 Å². The largest absolute Gasteiger partial charge is 0.356 e. The first-order valence-electron chi connectivity index (χ1n) is 6.65. The van der Waals surface area contributed by atoms with Gasteiger partial charge in [0.15, 0.2) is 6.29 Å². The minimum Gasteiger partial charge on any atom is -0.356 e. The summed E-state index contributed by atoms with van der Waals surface area (Å²) in [6.07, 6.45) is 2.35. The van der Waals surface area contributed by atoms with Crippen molar-refractivity contribution in [3.05, 3.63) is 35.9 Å². The van der Waals surface area contributed by atoms with Crippen molar-refractivity contribution in [1.29, 1.82) is 0 Å². The van der Waals surface area contributed by atoms with E-state index >= 15 is 0 Å². The monoisotopic (exact) mass is 249 g/mol. The summed E-state index contributed by atoms with van der Waals surface area (Å²) in [5.74, 6) is 0.484. The molecule has 1 aliphatic heterocycles. The summed E-state index contributed by atoms with van der Waals surface area (Å²) < 4.78 is 10.8. The third-order valence-corrected chi connectivity index (χ3v) is 3.64. The molecule has 3 nitrogen and oxygen atoms in total. The molecule has 0 saturated carbocycles. The van der Waals surface area contributed by atoms with E-state index in [9.17, 15) is 0 Å². The fraction of sp³-hybridized carbons (Fsp3) is 0.600. The zero-order chi connectivity index (χ0) is 12.8. The minimum atomic E-state index is -0.0661. The van der Waals surface area contributed by atoms with Crippen molar-refractivity contribution in [1.82, 2.24) is 4.90 Å². The maximum atomic E-state index is 5.39. The van der Waals surface area contributed by atoms with Crippen LogP contribution in [0.2, 0.25) is 0 Å². The van der Waals surface area contributed by atoms with Crippen LogP contribution in [0.4, 0.5) is 0 Å². The number of benzene rings is 1. The topological polar surface area (TPSA) is 21.7 Å². The van der Waals surface area contributed by atoms with Gasteiger partial charge in [0.05, 0.1) is 0 Å². The third kappa shape index (κ3) is 3.55. The van der Waals surface area contributed by atoms with E-state index in [1.165, 1.54) is 24.9 Å². The number of methoxy groups -OCH3 is 2. The van der Waals surface area contributed by atoms with Gasteiger partial charge >= 0.3 is 0 Å². The molecule has 3 heteroatoms. The third-order valence-electron chi connectivity index (χ3n) is 3.64. The van der Waals surface area contributed by atoms with Gasteiger partial charge in [0.1, 0.15) is 0 Å². The summed E-state index contributed by atoms with van der Waals surface area (Å²) in [7, 11) is 3.45. The van der Waals surface area contributed by atoms with Crippen molar-refractivity contribution < 1.29 is 9.47 Å². The van der Waals surface area contributed by atoms with Crippen LogP contribution in [0, 0.1) is 5.92 Å². The van der Waals surface area contributed by atoms with Gasteiger partial charge in [-0.25, -0.2) is 0 Å². The molecule has 0 N–H and O–H groups in total. The first kappa shape index (κ1) is 13.5. The first-order chi connectivity index (χ1) is 8.83. The first-order valence-corrected chi connectivity index (χ1v) is 6.65. The number of likely N-dealkylation sites (tertiary alicyclic amines) is 1. The standard InChI is InChI=1S/C15H23NO2/c1-17-15(18-2)14-9-6-10-16(12-14)11-13-7-4-3-5-8-13/h3-5,7-8,14-15H,6,9-12H2,1-2H3. The summed E-state index contributed by atoms with van der Waals surface area (Å²) in [6.45, 7) is 3.25. The van der Waals surface area contributed by atoms with Crippen LogP contribution in [-0.4, -0.2) is 38.5 Å². The molecule has 0 aromatic heterocycles. The predicted molar refractivity (Wildman–Crippen MR) is 72.2 cm³/mol. The van der Waals surface area contributed by atoms with Gasteiger partial charge in [-0.2, -0.15) is 0 Å². The van der Waals surface area contributed by atoms with Gasteiger partial charge in [0.2, 0.25) is 0 Å². The fourth-order valence-electron chi connectivity index (χ4n) is 2.78.